The van der Waals surface area contributed by atoms with E-state index in [9.17, 15) is 10.1 Å². The molecule has 144 valence electrons. The van der Waals surface area contributed by atoms with Gasteiger partial charge >= 0.3 is 0 Å². The predicted molar refractivity (Wildman–Crippen MR) is 105 cm³/mol. The molecule has 5 heteroatoms. The average Bonchev–Trinajstić information content (AvgIpc) is 3.51. The summed E-state index contributed by atoms with van der Waals surface area (Å²) in [5, 5.41) is 9.38. The molecule has 0 bridgehead atoms. The molecular weight excluding hydrogens is 336 g/mol. The highest BCUT2D eigenvalue weighted by Crippen LogP contribution is 2.35. The third-order valence-electron chi connectivity index (χ3n) is 6.79. The van der Waals surface area contributed by atoms with Crippen LogP contribution in [0.4, 0.5) is 0 Å². The zero-order valence-corrected chi connectivity index (χ0v) is 16.4. The van der Waals surface area contributed by atoms with Crippen molar-refractivity contribution in [1.29, 1.82) is 5.26 Å². The lowest BCUT2D eigenvalue weighted by Gasteiger charge is -2.49. The number of likely N-dealkylation sites (N-methyl/N-ethyl adjacent to an activating group) is 1. The van der Waals surface area contributed by atoms with Crippen LogP contribution < -0.4 is 0 Å². The molecule has 27 heavy (non-hydrogen) atoms. The Morgan fingerprint density at radius 3 is 2.78 bits per heavy atom. The van der Waals surface area contributed by atoms with Crippen LogP contribution in [0.3, 0.4) is 0 Å². The molecule has 1 aliphatic carbocycles. The van der Waals surface area contributed by atoms with Crippen LogP contribution in [-0.4, -0.2) is 65.9 Å². The predicted octanol–water partition coefficient (Wildman–Crippen LogP) is 2.47. The normalized spacial score (nSPS) is 27.6. The number of nitrogens with zero attached hydrogens (tertiary/aromatic N) is 4. The van der Waals surface area contributed by atoms with Crippen LogP contribution in [-0.2, 0) is 11.3 Å². The van der Waals surface area contributed by atoms with Crippen molar-refractivity contribution in [2.75, 3.05) is 39.8 Å². The summed E-state index contributed by atoms with van der Waals surface area (Å²) in [4.78, 5) is 19.7. The maximum absolute atomic E-state index is 12.6. The minimum Gasteiger partial charge on any atom is -0.342 e. The summed E-state index contributed by atoms with van der Waals surface area (Å²) in [6, 6.07) is 10.2. The summed E-state index contributed by atoms with van der Waals surface area (Å²) >= 11 is 0. The van der Waals surface area contributed by atoms with Crippen LogP contribution in [0.15, 0.2) is 24.3 Å². The van der Waals surface area contributed by atoms with Crippen molar-refractivity contribution in [2.24, 2.45) is 5.92 Å². The number of likely N-dealkylation sites (tertiary alicyclic amines) is 1. The smallest absolute Gasteiger partial charge is 0.222 e. The van der Waals surface area contributed by atoms with Crippen LogP contribution in [0.5, 0.6) is 0 Å². The molecule has 0 radical (unpaired) electrons. The van der Waals surface area contributed by atoms with E-state index in [1.54, 1.807) is 0 Å². The summed E-state index contributed by atoms with van der Waals surface area (Å²) in [6.45, 7) is 5.69. The van der Waals surface area contributed by atoms with Gasteiger partial charge in [-0.05, 0) is 50.3 Å². The number of nitriles is 1. The molecule has 1 unspecified atom stereocenters. The van der Waals surface area contributed by atoms with Crippen molar-refractivity contribution in [3.63, 3.8) is 0 Å². The highest BCUT2D eigenvalue weighted by molar-refractivity contribution is 5.76. The van der Waals surface area contributed by atoms with E-state index in [0.29, 0.717) is 12.3 Å². The first-order valence-corrected chi connectivity index (χ1v) is 10.3. The van der Waals surface area contributed by atoms with Gasteiger partial charge in [-0.25, -0.2) is 0 Å². The average molecular weight is 367 g/mol. The van der Waals surface area contributed by atoms with Crippen molar-refractivity contribution in [3.05, 3.63) is 35.4 Å². The molecule has 1 aromatic rings. The molecule has 0 aromatic heterocycles. The van der Waals surface area contributed by atoms with Gasteiger partial charge in [-0.2, -0.15) is 5.26 Å². The second kappa shape index (κ2) is 7.61. The molecule has 1 spiro atoms. The number of piperazine rings is 1. The standard InChI is InChI=1S/C22H30N4O/c1-24-12-13-25(16-20-5-3-2-4-19(20)14-23)17-22(24)9-8-21(27)26(11-10-22)15-18-6-7-18/h2-5,18H,6-13,15-17H2,1H3. The fourth-order valence-electron chi connectivity index (χ4n) is 4.72. The fraction of sp³-hybridized carbons (Fsp3) is 0.636. The Kier molecular flexibility index (Phi) is 5.21. The quantitative estimate of drug-likeness (QED) is 0.821. The molecule has 2 heterocycles. The molecule has 0 N–H and O–H groups in total. The number of carbonyl (C=O) groups is 1. The highest BCUT2D eigenvalue weighted by atomic mass is 16.2. The van der Waals surface area contributed by atoms with Crippen molar-refractivity contribution in [1.82, 2.24) is 14.7 Å². The fourth-order valence-corrected chi connectivity index (χ4v) is 4.72. The highest BCUT2D eigenvalue weighted by Gasteiger charge is 2.42. The van der Waals surface area contributed by atoms with Gasteiger partial charge in [-0.15, -0.1) is 0 Å². The molecule has 1 amide bonds. The van der Waals surface area contributed by atoms with Gasteiger partial charge in [0.25, 0.3) is 0 Å². The molecule has 1 atom stereocenters. The Morgan fingerprint density at radius 1 is 1.19 bits per heavy atom. The number of amides is 1. The molecule has 3 aliphatic rings. The third-order valence-corrected chi connectivity index (χ3v) is 6.79. The Bertz CT molecular complexity index is 738. The second-order valence-corrected chi connectivity index (χ2v) is 8.66. The zero-order chi connectivity index (χ0) is 18.9. The first-order chi connectivity index (χ1) is 13.1. The molecule has 5 nitrogen and oxygen atoms in total. The zero-order valence-electron chi connectivity index (χ0n) is 16.4. The van der Waals surface area contributed by atoms with E-state index in [2.05, 4.69) is 33.9 Å². The number of rotatable bonds is 4. The van der Waals surface area contributed by atoms with E-state index < -0.39 is 0 Å². The van der Waals surface area contributed by atoms with Crippen molar-refractivity contribution in [3.8, 4) is 6.07 Å². The van der Waals surface area contributed by atoms with Crippen molar-refractivity contribution < 1.29 is 4.79 Å². The van der Waals surface area contributed by atoms with Crippen LogP contribution in [0.2, 0.25) is 0 Å². The molecule has 2 aliphatic heterocycles. The lowest BCUT2D eigenvalue weighted by molar-refractivity contribution is -0.131. The van der Waals surface area contributed by atoms with Crippen LogP contribution >= 0.6 is 0 Å². The number of hydrogen-bond donors (Lipinski definition) is 0. The van der Waals surface area contributed by atoms with E-state index in [-0.39, 0.29) is 5.54 Å². The van der Waals surface area contributed by atoms with Gasteiger partial charge in [0.1, 0.15) is 0 Å². The summed E-state index contributed by atoms with van der Waals surface area (Å²) in [5.74, 6) is 1.10. The van der Waals surface area contributed by atoms with Gasteiger partial charge in [0.05, 0.1) is 11.6 Å². The Balaban J connectivity index is 1.46. The third kappa shape index (κ3) is 4.02. The maximum Gasteiger partial charge on any atom is 0.222 e. The van der Waals surface area contributed by atoms with Gasteiger partial charge in [0, 0.05) is 51.2 Å². The molecule has 1 saturated carbocycles. The van der Waals surface area contributed by atoms with E-state index in [4.69, 9.17) is 0 Å². The maximum atomic E-state index is 12.6. The monoisotopic (exact) mass is 366 g/mol. The first kappa shape index (κ1) is 18.5. The van der Waals surface area contributed by atoms with Gasteiger partial charge in [0.15, 0.2) is 0 Å². The van der Waals surface area contributed by atoms with Gasteiger partial charge in [0.2, 0.25) is 5.91 Å². The number of carbonyl (C=O) groups excluding carboxylic acids is 1. The van der Waals surface area contributed by atoms with Gasteiger partial charge in [-0.3, -0.25) is 14.6 Å². The number of hydrogen-bond acceptors (Lipinski definition) is 4. The van der Waals surface area contributed by atoms with Crippen molar-refractivity contribution in [2.45, 2.75) is 44.2 Å². The van der Waals surface area contributed by atoms with Crippen LogP contribution in [0.1, 0.15) is 43.2 Å². The molecule has 4 rings (SSSR count). The SMILES string of the molecule is CN1CCN(Cc2ccccc2C#N)CC12CCC(=O)N(CC1CC1)CC2. The molecule has 1 aromatic carbocycles. The lowest BCUT2D eigenvalue weighted by Crippen LogP contribution is -2.60. The summed E-state index contributed by atoms with van der Waals surface area (Å²) in [5.41, 5.74) is 1.96. The Hall–Kier alpha value is -1.90. The van der Waals surface area contributed by atoms with E-state index in [1.807, 2.05) is 18.2 Å². The van der Waals surface area contributed by atoms with Gasteiger partial charge < -0.3 is 4.90 Å². The first-order valence-electron chi connectivity index (χ1n) is 10.3. The largest absolute Gasteiger partial charge is 0.342 e. The summed E-state index contributed by atoms with van der Waals surface area (Å²) in [7, 11) is 2.22. The lowest BCUT2D eigenvalue weighted by atomic mass is 9.86. The van der Waals surface area contributed by atoms with Crippen molar-refractivity contribution >= 4 is 5.91 Å². The van der Waals surface area contributed by atoms with Crippen LogP contribution in [0, 0.1) is 17.2 Å². The summed E-state index contributed by atoms with van der Waals surface area (Å²) in [6.07, 6.45) is 5.25. The Morgan fingerprint density at radius 2 is 2.00 bits per heavy atom. The minimum absolute atomic E-state index is 0.0772. The second-order valence-electron chi connectivity index (χ2n) is 8.66. The number of benzene rings is 1. The molecular formula is C22H30N4O. The van der Waals surface area contributed by atoms with E-state index >= 15 is 0 Å². The van der Waals surface area contributed by atoms with E-state index in [1.165, 1.54) is 12.8 Å². The molecule has 3 fully saturated rings. The van der Waals surface area contributed by atoms with Crippen LogP contribution in [0.25, 0.3) is 0 Å². The van der Waals surface area contributed by atoms with E-state index in [0.717, 1.165) is 69.2 Å². The summed E-state index contributed by atoms with van der Waals surface area (Å²) < 4.78 is 0. The minimum atomic E-state index is 0.0772. The topological polar surface area (TPSA) is 50.6 Å². The van der Waals surface area contributed by atoms with Gasteiger partial charge in [-0.1, -0.05) is 18.2 Å². The molecule has 2 saturated heterocycles. The Labute approximate surface area is 162 Å².